The lowest BCUT2D eigenvalue weighted by molar-refractivity contribution is 0.0937. The number of hydrogen-bond donors (Lipinski definition) is 1. The van der Waals surface area contributed by atoms with E-state index in [9.17, 15) is 9.18 Å². The highest BCUT2D eigenvalue weighted by Crippen LogP contribution is 2.27. The number of hydrogen-bond acceptors (Lipinski definition) is 4. The molecule has 0 spiro atoms. The van der Waals surface area contributed by atoms with Gasteiger partial charge in [0.05, 0.1) is 10.6 Å². The number of nitrogens with one attached hydrogen (secondary N) is 1. The molecule has 0 fully saturated rings. The highest BCUT2D eigenvalue weighted by Gasteiger charge is 2.27. The lowest BCUT2D eigenvalue weighted by Gasteiger charge is -2.17. The maximum Gasteiger partial charge on any atom is 0.253 e. The normalized spacial score (nSPS) is 11.8. The number of benzene rings is 3. The molecule has 0 radical (unpaired) electrons. The minimum Gasteiger partial charge on any atom is -0.418 e. The molecule has 0 saturated heterocycles. The first-order valence-corrected chi connectivity index (χ1v) is 9.20. The summed E-state index contributed by atoms with van der Waals surface area (Å²) < 4.78 is 20.3. The second-order valence-corrected chi connectivity index (χ2v) is 6.63. The highest BCUT2D eigenvalue weighted by atomic mass is 35.5. The third-order valence-corrected chi connectivity index (χ3v) is 4.65. The van der Waals surface area contributed by atoms with Crippen molar-refractivity contribution in [2.45, 2.75) is 6.04 Å². The second-order valence-electron chi connectivity index (χ2n) is 6.22. The molecule has 1 amide bonds. The van der Waals surface area contributed by atoms with Crippen LogP contribution in [0.15, 0.2) is 83.3 Å². The van der Waals surface area contributed by atoms with Crippen molar-refractivity contribution < 1.29 is 13.6 Å². The number of amides is 1. The Balaban J connectivity index is 1.72. The van der Waals surface area contributed by atoms with Crippen molar-refractivity contribution in [3.8, 4) is 11.5 Å². The van der Waals surface area contributed by atoms with Crippen LogP contribution in [0.4, 0.5) is 4.39 Å². The van der Waals surface area contributed by atoms with E-state index in [2.05, 4.69) is 15.5 Å². The van der Waals surface area contributed by atoms with Gasteiger partial charge in [0, 0.05) is 11.1 Å². The molecule has 5 nitrogen and oxygen atoms in total. The van der Waals surface area contributed by atoms with Gasteiger partial charge < -0.3 is 9.73 Å². The van der Waals surface area contributed by atoms with Crippen molar-refractivity contribution in [2.24, 2.45) is 0 Å². The maximum atomic E-state index is 14.5. The smallest absolute Gasteiger partial charge is 0.253 e. The van der Waals surface area contributed by atoms with Gasteiger partial charge in [0.1, 0.15) is 11.9 Å². The Morgan fingerprint density at radius 1 is 0.931 bits per heavy atom. The van der Waals surface area contributed by atoms with Gasteiger partial charge in [0.2, 0.25) is 11.8 Å². The molecule has 4 rings (SSSR count). The topological polar surface area (TPSA) is 68.0 Å². The Hall–Kier alpha value is -3.51. The van der Waals surface area contributed by atoms with E-state index in [1.807, 2.05) is 30.3 Å². The Bertz CT molecular complexity index is 1150. The molecule has 1 heterocycles. The van der Waals surface area contributed by atoms with Gasteiger partial charge in [-0.05, 0) is 30.3 Å². The quantitative estimate of drug-likeness (QED) is 0.502. The van der Waals surface area contributed by atoms with E-state index in [0.717, 1.165) is 5.56 Å². The van der Waals surface area contributed by atoms with E-state index in [1.54, 1.807) is 42.5 Å². The maximum absolute atomic E-state index is 14.5. The molecule has 1 atom stereocenters. The predicted octanol–water partition coefficient (Wildman–Crippen LogP) is 5.05. The molecular formula is C22H15ClFN3O2. The zero-order chi connectivity index (χ0) is 20.2. The van der Waals surface area contributed by atoms with Gasteiger partial charge in [-0.3, -0.25) is 4.79 Å². The van der Waals surface area contributed by atoms with Gasteiger partial charge in [-0.1, -0.05) is 60.1 Å². The molecule has 3 aromatic carbocycles. The van der Waals surface area contributed by atoms with Crippen LogP contribution in [0.1, 0.15) is 27.9 Å². The van der Waals surface area contributed by atoms with E-state index >= 15 is 0 Å². The standard InChI is InChI=1S/C22H15ClFN3O2/c23-17-12-6-4-10-15(17)20(28)25-19(16-11-5-7-13-18(16)24)22-27-26-21(29-22)14-8-2-1-3-9-14/h1-13,19H,(H,25,28). The van der Waals surface area contributed by atoms with Crippen molar-refractivity contribution in [1.82, 2.24) is 15.5 Å². The molecule has 144 valence electrons. The van der Waals surface area contributed by atoms with Gasteiger partial charge in [-0.2, -0.15) is 0 Å². The van der Waals surface area contributed by atoms with E-state index in [-0.39, 0.29) is 27.9 Å². The zero-order valence-corrected chi connectivity index (χ0v) is 15.8. The summed E-state index contributed by atoms with van der Waals surface area (Å²) in [4.78, 5) is 12.8. The lowest BCUT2D eigenvalue weighted by atomic mass is 10.1. The van der Waals surface area contributed by atoms with E-state index in [0.29, 0.717) is 0 Å². The molecule has 0 aliphatic carbocycles. The van der Waals surface area contributed by atoms with Gasteiger partial charge in [0.15, 0.2) is 0 Å². The van der Waals surface area contributed by atoms with Crippen molar-refractivity contribution in [1.29, 1.82) is 0 Å². The number of carbonyl (C=O) groups is 1. The molecule has 1 aromatic heterocycles. The fourth-order valence-corrected chi connectivity index (χ4v) is 3.11. The second kappa shape index (κ2) is 8.24. The number of halogens is 2. The third-order valence-electron chi connectivity index (χ3n) is 4.32. The molecule has 0 aliphatic rings. The van der Waals surface area contributed by atoms with E-state index in [4.69, 9.17) is 16.0 Å². The van der Waals surface area contributed by atoms with Crippen molar-refractivity contribution in [3.05, 3.63) is 107 Å². The summed E-state index contributed by atoms with van der Waals surface area (Å²) in [5.41, 5.74) is 1.19. The van der Waals surface area contributed by atoms with Crippen LogP contribution in [0, 0.1) is 5.82 Å². The Kier molecular flexibility index (Phi) is 5.35. The van der Waals surface area contributed by atoms with Crippen LogP contribution in [0.5, 0.6) is 0 Å². The van der Waals surface area contributed by atoms with E-state index < -0.39 is 17.8 Å². The SMILES string of the molecule is O=C(NC(c1nnc(-c2ccccc2)o1)c1ccccc1F)c1ccccc1Cl. The average molecular weight is 408 g/mol. The largest absolute Gasteiger partial charge is 0.418 e. The minimum atomic E-state index is -0.982. The lowest BCUT2D eigenvalue weighted by Crippen LogP contribution is -2.30. The van der Waals surface area contributed by atoms with Crippen molar-refractivity contribution >= 4 is 17.5 Å². The molecule has 0 saturated carbocycles. The molecule has 4 aromatic rings. The first-order chi connectivity index (χ1) is 14.1. The van der Waals surface area contributed by atoms with Crippen molar-refractivity contribution in [3.63, 3.8) is 0 Å². The number of carbonyl (C=O) groups excluding carboxylic acids is 1. The fourth-order valence-electron chi connectivity index (χ4n) is 2.88. The molecule has 1 unspecified atom stereocenters. The molecule has 1 N–H and O–H groups in total. The van der Waals surface area contributed by atoms with Gasteiger partial charge in [0.25, 0.3) is 5.91 Å². The van der Waals surface area contributed by atoms with Crippen molar-refractivity contribution in [2.75, 3.05) is 0 Å². The van der Waals surface area contributed by atoms with Crippen LogP contribution in [0.25, 0.3) is 11.5 Å². The summed E-state index contributed by atoms with van der Waals surface area (Å²) in [7, 11) is 0. The van der Waals surface area contributed by atoms with Crippen LogP contribution < -0.4 is 5.32 Å². The predicted molar refractivity (Wildman–Crippen MR) is 107 cm³/mol. The Labute approximate surface area is 171 Å². The summed E-state index contributed by atoms with van der Waals surface area (Å²) in [6, 6.07) is 20.9. The zero-order valence-electron chi connectivity index (χ0n) is 15.0. The first-order valence-electron chi connectivity index (χ1n) is 8.82. The van der Waals surface area contributed by atoms with Crippen LogP contribution >= 0.6 is 11.6 Å². The summed E-state index contributed by atoms with van der Waals surface area (Å²) in [5.74, 6) is -0.650. The van der Waals surface area contributed by atoms with E-state index in [1.165, 1.54) is 6.07 Å². The number of aromatic nitrogens is 2. The third kappa shape index (κ3) is 4.02. The average Bonchev–Trinajstić information content (AvgIpc) is 3.23. The Morgan fingerprint density at radius 2 is 1.62 bits per heavy atom. The van der Waals surface area contributed by atoms with Crippen LogP contribution in [-0.2, 0) is 0 Å². The summed E-state index contributed by atoms with van der Waals surface area (Å²) in [6.07, 6.45) is 0. The number of nitrogens with zero attached hydrogens (tertiary/aromatic N) is 2. The first kappa shape index (κ1) is 18.8. The van der Waals surface area contributed by atoms with Crippen LogP contribution in [0.2, 0.25) is 5.02 Å². The molecule has 29 heavy (non-hydrogen) atoms. The highest BCUT2D eigenvalue weighted by molar-refractivity contribution is 6.33. The minimum absolute atomic E-state index is 0.0642. The molecule has 0 aliphatic heterocycles. The Morgan fingerprint density at radius 3 is 2.38 bits per heavy atom. The van der Waals surface area contributed by atoms with Crippen LogP contribution in [-0.4, -0.2) is 16.1 Å². The summed E-state index contributed by atoms with van der Waals surface area (Å²) >= 11 is 6.12. The monoisotopic (exact) mass is 407 g/mol. The summed E-state index contributed by atoms with van der Waals surface area (Å²) in [6.45, 7) is 0. The number of rotatable bonds is 5. The van der Waals surface area contributed by atoms with Gasteiger partial charge >= 0.3 is 0 Å². The van der Waals surface area contributed by atoms with Crippen LogP contribution in [0.3, 0.4) is 0 Å². The van der Waals surface area contributed by atoms with Gasteiger partial charge in [-0.15, -0.1) is 10.2 Å². The molecule has 0 bridgehead atoms. The molecule has 7 heteroatoms. The van der Waals surface area contributed by atoms with Gasteiger partial charge in [-0.25, -0.2) is 4.39 Å². The summed E-state index contributed by atoms with van der Waals surface area (Å²) in [5, 5.41) is 11.1. The fraction of sp³-hybridized carbons (Fsp3) is 0.0455. The molecular weight excluding hydrogens is 393 g/mol.